The van der Waals surface area contributed by atoms with Crippen LogP contribution >= 0.6 is 112 Å². The van der Waals surface area contributed by atoms with Gasteiger partial charge < -0.3 is 19.4 Å². The van der Waals surface area contributed by atoms with Crippen molar-refractivity contribution in [2.75, 3.05) is 0 Å². The lowest BCUT2D eigenvalue weighted by Crippen LogP contribution is -2.26. The summed E-state index contributed by atoms with van der Waals surface area (Å²) in [5, 5.41) is 0. The fourth-order valence-corrected chi connectivity index (χ4v) is 0.872. The zero-order valence-electron chi connectivity index (χ0n) is 11.5. The van der Waals surface area contributed by atoms with Gasteiger partial charge in [-0.25, -0.2) is 19.6 Å². The van der Waals surface area contributed by atoms with Crippen LogP contribution in [0.1, 0.15) is 0 Å². The van der Waals surface area contributed by atoms with Gasteiger partial charge in [-0.2, -0.15) is 0 Å². The van der Waals surface area contributed by atoms with E-state index in [-0.39, 0.29) is 124 Å². The van der Waals surface area contributed by atoms with E-state index in [2.05, 4.69) is 29.4 Å². The van der Waals surface area contributed by atoms with Crippen LogP contribution in [0, 0.1) is 0 Å². The molecule has 2 rings (SSSR count). The molecule has 0 aromatic carbocycles. The maximum absolute atomic E-state index is 11.1. The maximum Gasteiger partial charge on any atom is 0.425 e. The van der Waals surface area contributed by atoms with E-state index in [1.807, 2.05) is 0 Å². The van der Waals surface area contributed by atoms with E-state index < -0.39 is 11.9 Å². The molecule has 2 aromatic rings. The molecule has 0 aliphatic carbocycles. The van der Waals surface area contributed by atoms with Gasteiger partial charge in [0.05, 0.1) is 0 Å². The van der Waals surface area contributed by atoms with Gasteiger partial charge in [-0.15, -0.1) is 112 Å². The number of esters is 2. The molecule has 8 nitrogen and oxygen atoms in total. The van der Waals surface area contributed by atoms with E-state index in [9.17, 15) is 9.59 Å². The second-order valence-electron chi connectivity index (χ2n) is 2.57. The molecule has 0 unspecified atom stereocenters. The Balaban J connectivity index is -0.0000000535. The molecule has 25 heavy (non-hydrogen) atoms. The molecule has 0 fully saturated rings. The summed E-state index contributed by atoms with van der Waals surface area (Å²) in [4.78, 5) is 34.5. The highest BCUT2D eigenvalue weighted by molar-refractivity contribution is 6.30. The fourth-order valence-electron chi connectivity index (χ4n) is 0.872. The summed E-state index contributed by atoms with van der Waals surface area (Å²) in [5.74, 6) is -2.38. The van der Waals surface area contributed by atoms with Crippen LogP contribution in [-0.2, 0) is 9.59 Å². The Labute approximate surface area is 198 Å². The Bertz CT molecular complexity index is 453. The van der Waals surface area contributed by atoms with Crippen molar-refractivity contribution in [1.29, 1.82) is 0 Å². The van der Waals surface area contributed by atoms with Crippen molar-refractivity contribution in [3.8, 4) is 12.0 Å². The average Bonchev–Trinajstić information content (AvgIpc) is 2.90. The number of H-pyrrole nitrogens is 2. The van der Waals surface area contributed by atoms with Crippen LogP contribution < -0.4 is 9.47 Å². The van der Waals surface area contributed by atoms with Crippen molar-refractivity contribution in [2.24, 2.45) is 0 Å². The number of halogens is 9. The van der Waals surface area contributed by atoms with Gasteiger partial charge in [0.15, 0.2) is 0 Å². The number of carbonyl (C=O) groups excluding carboxylic acids is 2. The van der Waals surface area contributed by atoms with Gasteiger partial charge in [0.2, 0.25) is 0 Å². The number of aromatic amines is 2. The molecule has 0 saturated heterocycles. The number of nitrogens with one attached hydrogen (secondary N) is 2. The highest BCUT2D eigenvalue weighted by Gasteiger charge is 2.21. The van der Waals surface area contributed by atoms with Crippen molar-refractivity contribution in [1.82, 2.24) is 19.9 Å². The summed E-state index contributed by atoms with van der Waals surface area (Å²) in [7, 11) is 0. The van der Waals surface area contributed by atoms with Gasteiger partial charge in [0.1, 0.15) is 0 Å². The molecule has 17 heteroatoms. The normalized spacial score (nSPS) is 6.24. The number of hydrogen-bond donors (Lipinski definition) is 2. The van der Waals surface area contributed by atoms with E-state index in [1.165, 1.54) is 24.8 Å². The van der Waals surface area contributed by atoms with Gasteiger partial charge in [-0.05, 0) is 0 Å². The van der Waals surface area contributed by atoms with Crippen molar-refractivity contribution >= 4 is 124 Å². The number of rotatable bonds is 2. The summed E-state index contributed by atoms with van der Waals surface area (Å²) >= 11 is 0. The smallest absolute Gasteiger partial charge is 0.384 e. The quantitative estimate of drug-likeness (QED) is 0.438. The van der Waals surface area contributed by atoms with Gasteiger partial charge in [0, 0.05) is 24.8 Å². The Kier molecular flexibility index (Phi) is 52.2. The Morgan fingerprint density at radius 3 is 1.12 bits per heavy atom. The lowest BCUT2D eigenvalue weighted by atomic mass is 10.7. The molecule has 0 spiro atoms. The third kappa shape index (κ3) is 17.2. The molecule has 0 bridgehead atoms. The van der Waals surface area contributed by atoms with Gasteiger partial charge in [-0.1, -0.05) is 0 Å². The molecule has 0 amide bonds. The van der Waals surface area contributed by atoms with E-state index >= 15 is 0 Å². The molecule has 0 radical (unpaired) electrons. The summed E-state index contributed by atoms with van der Waals surface area (Å²) in [5.41, 5.74) is 0. The Morgan fingerprint density at radius 1 is 0.640 bits per heavy atom. The van der Waals surface area contributed by atoms with Gasteiger partial charge >= 0.3 is 24.0 Å². The highest BCUT2D eigenvalue weighted by atomic mass is 35.5. The van der Waals surface area contributed by atoms with Crippen molar-refractivity contribution in [3.05, 3.63) is 24.8 Å². The number of ether oxygens (including phenoxy) is 2. The summed E-state index contributed by atoms with van der Waals surface area (Å²) in [6, 6.07) is -0.164. The number of hydrogen-bond acceptors (Lipinski definition) is 6. The van der Waals surface area contributed by atoms with Crippen LogP contribution in [0.5, 0.6) is 12.0 Å². The Hall–Kier alpha value is -0.0300. The topological polar surface area (TPSA) is 110 Å². The minimum Gasteiger partial charge on any atom is -0.384 e. The molecule has 2 aromatic heterocycles. The van der Waals surface area contributed by atoms with Crippen LogP contribution in [-0.4, -0.2) is 31.9 Å². The monoisotopic (exact) mass is 546 g/mol. The minimum absolute atomic E-state index is 0. The molecule has 2 heterocycles. The van der Waals surface area contributed by atoms with Crippen LogP contribution in [0.4, 0.5) is 0 Å². The molecule has 0 aliphatic rings. The Morgan fingerprint density at radius 2 is 0.920 bits per heavy atom. The predicted molar refractivity (Wildman–Crippen MR) is 114 cm³/mol. The first kappa shape index (κ1) is 49.8. The predicted octanol–water partition coefficient (Wildman–Crippen LogP) is 3.44. The number of nitrogens with zero attached hydrogens (tertiary/aromatic N) is 2. The van der Waals surface area contributed by atoms with Gasteiger partial charge in [-0.3, -0.25) is 0 Å². The van der Waals surface area contributed by atoms with E-state index in [0.717, 1.165) is 0 Å². The zero-order chi connectivity index (χ0) is 11.4. The lowest BCUT2D eigenvalue weighted by molar-refractivity contribution is -0.156. The van der Waals surface area contributed by atoms with Gasteiger partial charge in [0.25, 0.3) is 0 Å². The zero-order valence-corrected chi connectivity index (χ0v) is 18.9. The molecule has 2 N–H and O–H groups in total. The highest BCUT2D eigenvalue weighted by Crippen LogP contribution is 2.02. The van der Waals surface area contributed by atoms with Crippen LogP contribution in [0.2, 0.25) is 0 Å². The SMILES string of the molecule is Cl.Cl.Cl.Cl.Cl.Cl.Cl.Cl.Cl.O=C(Oc1ncc[nH]1)C(=O)Oc1ncc[nH]1. The summed E-state index contributed by atoms with van der Waals surface area (Å²) < 4.78 is 9.09. The number of carbonyl (C=O) groups is 2. The molecule has 0 atom stereocenters. The molecule has 0 saturated carbocycles. The third-order valence-corrected chi connectivity index (χ3v) is 1.49. The van der Waals surface area contributed by atoms with E-state index in [0.29, 0.717) is 0 Å². The maximum atomic E-state index is 11.1. The van der Waals surface area contributed by atoms with Crippen molar-refractivity contribution in [3.63, 3.8) is 0 Å². The first-order chi connectivity index (χ1) is 7.75. The van der Waals surface area contributed by atoms with E-state index in [4.69, 9.17) is 0 Å². The first-order valence-electron chi connectivity index (χ1n) is 4.18. The standard InChI is InChI=1S/C8H6N4O4.9ClH/c13-5(15-7-9-1-2-10-7)6(14)16-8-11-3-4-12-8;;;;;;;;;/h1-4H,(H,9,10)(H,11,12);9*1H. The first-order valence-corrected chi connectivity index (χ1v) is 4.18. The second-order valence-corrected chi connectivity index (χ2v) is 2.57. The van der Waals surface area contributed by atoms with Crippen LogP contribution in [0.15, 0.2) is 24.8 Å². The van der Waals surface area contributed by atoms with E-state index in [1.54, 1.807) is 0 Å². The number of imidazole rings is 2. The minimum atomic E-state index is -1.19. The van der Waals surface area contributed by atoms with Crippen molar-refractivity contribution in [2.45, 2.75) is 0 Å². The largest absolute Gasteiger partial charge is 0.425 e. The lowest BCUT2D eigenvalue weighted by Gasteiger charge is -1.99. The van der Waals surface area contributed by atoms with Crippen LogP contribution in [0.3, 0.4) is 0 Å². The summed E-state index contributed by atoms with van der Waals surface area (Å²) in [6.45, 7) is 0. The third-order valence-electron chi connectivity index (χ3n) is 1.49. The molecular formula is C8H15Cl9N4O4. The fraction of sp³-hybridized carbons (Fsp3) is 0. The average molecular weight is 550 g/mol. The summed E-state index contributed by atoms with van der Waals surface area (Å²) in [6.07, 6.45) is 5.64. The molecule has 154 valence electrons. The second kappa shape index (κ2) is 26.2. The van der Waals surface area contributed by atoms with Crippen molar-refractivity contribution < 1.29 is 19.1 Å². The number of aromatic nitrogens is 4. The molecular weight excluding hydrogens is 535 g/mol. The molecule has 0 aliphatic heterocycles. The van der Waals surface area contributed by atoms with Crippen LogP contribution in [0.25, 0.3) is 0 Å².